The summed E-state index contributed by atoms with van der Waals surface area (Å²) in [6.07, 6.45) is 1.14. The Hall–Kier alpha value is -3.04. The number of aromatic nitrogens is 3. The Bertz CT molecular complexity index is 573. The number of aromatic amines is 1. The molecule has 2 N–H and O–H groups in total. The molecule has 0 atom stereocenters. The maximum atomic E-state index is 10.5. The SMILES string of the molecule is O=C(O)c1nc(N=Cc2ccc([N+](=O)[O-])o2)n[nH]1. The molecule has 0 spiro atoms. The van der Waals surface area contributed by atoms with E-state index in [0.717, 1.165) is 6.21 Å². The third kappa shape index (κ3) is 2.37. The van der Waals surface area contributed by atoms with Gasteiger partial charge in [-0.25, -0.2) is 9.79 Å². The van der Waals surface area contributed by atoms with E-state index in [9.17, 15) is 14.9 Å². The van der Waals surface area contributed by atoms with Gasteiger partial charge in [-0.05, 0) is 6.07 Å². The number of aromatic carboxylic acids is 1. The first-order valence-corrected chi connectivity index (χ1v) is 4.50. The number of carbonyl (C=O) groups is 1. The third-order valence-corrected chi connectivity index (χ3v) is 1.78. The van der Waals surface area contributed by atoms with Crippen molar-refractivity contribution in [3.05, 3.63) is 33.8 Å². The van der Waals surface area contributed by atoms with Crippen LogP contribution in [0.3, 0.4) is 0 Å². The molecule has 10 heteroatoms. The van der Waals surface area contributed by atoms with Crippen LogP contribution in [0.2, 0.25) is 0 Å². The highest BCUT2D eigenvalue weighted by atomic mass is 16.6. The van der Waals surface area contributed by atoms with Gasteiger partial charge in [-0.3, -0.25) is 15.2 Å². The van der Waals surface area contributed by atoms with Crippen molar-refractivity contribution in [2.24, 2.45) is 4.99 Å². The van der Waals surface area contributed by atoms with E-state index in [0.29, 0.717) is 0 Å². The zero-order chi connectivity index (χ0) is 13.1. The topological polar surface area (TPSA) is 148 Å². The highest BCUT2D eigenvalue weighted by Gasteiger charge is 2.11. The van der Waals surface area contributed by atoms with Gasteiger partial charge in [-0.2, -0.15) is 4.98 Å². The lowest BCUT2D eigenvalue weighted by Gasteiger charge is -1.83. The molecule has 2 heterocycles. The van der Waals surface area contributed by atoms with Gasteiger partial charge in [0, 0.05) is 0 Å². The van der Waals surface area contributed by atoms with Gasteiger partial charge in [-0.15, -0.1) is 5.10 Å². The van der Waals surface area contributed by atoms with Gasteiger partial charge < -0.3 is 9.52 Å². The average Bonchev–Trinajstić information content (AvgIpc) is 2.95. The maximum Gasteiger partial charge on any atom is 0.433 e. The first-order chi connectivity index (χ1) is 8.56. The van der Waals surface area contributed by atoms with Crippen LogP contribution in [0.5, 0.6) is 0 Å². The van der Waals surface area contributed by atoms with Crippen LogP contribution in [0.1, 0.15) is 16.4 Å². The summed E-state index contributed by atoms with van der Waals surface area (Å²) >= 11 is 0. The summed E-state index contributed by atoms with van der Waals surface area (Å²) in [5.41, 5.74) is 0. The molecule has 0 aliphatic carbocycles. The Morgan fingerprint density at radius 1 is 1.61 bits per heavy atom. The molecule has 0 aromatic carbocycles. The fourth-order valence-electron chi connectivity index (χ4n) is 1.04. The summed E-state index contributed by atoms with van der Waals surface area (Å²) in [4.78, 5) is 27.4. The van der Waals surface area contributed by atoms with Crippen LogP contribution >= 0.6 is 0 Å². The number of hydrogen-bond acceptors (Lipinski definition) is 7. The van der Waals surface area contributed by atoms with E-state index in [1.807, 2.05) is 0 Å². The Morgan fingerprint density at radius 3 is 2.94 bits per heavy atom. The second-order valence-electron chi connectivity index (χ2n) is 2.98. The first kappa shape index (κ1) is 11.4. The first-order valence-electron chi connectivity index (χ1n) is 4.50. The molecule has 2 aromatic heterocycles. The lowest BCUT2D eigenvalue weighted by molar-refractivity contribution is -0.402. The van der Waals surface area contributed by atoms with Crippen LogP contribution < -0.4 is 0 Å². The van der Waals surface area contributed by atoms with Crippen LogP contribution in [0, 0.1) is 10.1 Å². The molecule has 18 heavy (non-hydrogen) atoms. The van der Waals surface area contributed by atoms with Crippen molar-refractivity contribution in [1.82, 2.24) is 15.2 Å². The van der Waals surface area contributed by atoms with Gasteiger partial charge in [0.2, 0.25) is 5.82 Å². The molecule has 0 aliphatic rings. The zero-order valence-electron chi connectivity index (χ0n) is 8.60. The molecule has 92 valence electrons. The molecule has 0 saturated heterocycles. The number of nitrogens with one attached hydrogen (secondary N) is 1. The van der Waals surface area contributed by atoms with Gasteiger partial charge in [0.25, 0.3) is 5.95 Å². The minimum Gasteiger partial charge on any atom is -0.475 e. The monoisotopic (exact) mass is 251 g/mol. The lowest BCUT2D eigenvalue weighted by atomic mass is 10.5. The minimum absolute atomic E-state index is 0.119. The van der Waals surface area contributed by atoms with Crippen molar-refractivity contribution in [1.29, 1.82) is 0 Å². The molecule has 0 fully saturated rings. The van der Waals surface area contributed by atoms with E-state index < -0.39 is 16.8 Å². The molecular weight excluding hydrogens is 246 g/mol. The number of nitrogens with zero attached hydrogens (tertiary/aromatic N) is 4. The van der Waals surface area contributed by atoms with Gasteiger partial charge in [-0.1, -0.05) is 0 Å². The summed E-state index contributed by atoms with van der Waals surface area (Å²) in [7, 11) is 0. The predicted octanol–water partition coefficient (Wildman–Crippen LogP) is 0.755. The van der Waals surface area contributed by atoms with Gasteiger partial charge >= 0.3 is 11.9 Å². The van der Waals surface area contributed by atoms with Crippen molar-refractivity contribution in [2.75, 3.05) is 0 Å². The molecule has 0 saturated carbocycles. The zero-order valence-corrected chi connectivity index (χ0v) is 8.60. The van der Waals surface area contributed by atoms with Crippen molar-refractivity contribution < 1.29 is 19.2 Å². The Labute approximate surface area is 98.1 Å². The number of H-pyrrole nitrogens is 1. The molecule has 2 aromatic rings. The molecule has 0 bridgehead atoms. The van der Waals surface area contributed by atoms with Crippen LogP contribution in [-0.4, -0.2) is 37.4 Å². The molecule has 10 nitrogen and oxygen atoms in total. The van der Waals surface area contributed by atoms with Crippen molar-refractivity contribution >= 4 is 24.0 Å². The normalized spacial score (nSPS) is 10.9. The standard InChI is InChI=1S/C8H5N5O5/c14-7(15)6-10-8(12-11-6)9-3-4-1-2-5(18-4)13(16)17/h1-3H,(H,14,15)(H,10,11,12). The Morgan fingerprint density at radius 2 is 2.39 bits per heavy atom. The van der Waals surface area contributed by atoms with Crippen LogP contribution in [0.15, 0.2) is 21.5 Å². The number of hydrogen-bond donors (Lipinski definition) is 2. The number of carboxylic acids is 1. The quantitative estimate of drug-likeness (QED) is 0.462. The molecule has 0 amide bonds. The summed E-state index contributed by atoms with van der Waals surface area (Å²) in [5, 5.41) is 24.6. The van der Waals surface area contributed by atoms with E-state index >= 15 is 0 Å². The number of aliphatic imine (C=N–C) groups is 1. The van der Waals surface area contributed by atoms with Crippen molar-refractivity contribution in [3.63, 3.8) is 0 Å². The van der Waals surface area contributed by atoms with Gasteiger partial charge in [0.15, 0.2) is 5.76 Å². The third-order valence-electron chi connectivity index (χ3n) is 1.78. The summed E-state index contributed by atoms with van der Waals surface area (Å²) in [5.74, 6) is -2.03. The fourth-order valence-corrected chi connectivity index (χ4v) is 1.04. The second-order valence-corrected chi connectivity index (χ2v) is 2.98. The Balaban J connectivity index is 2.13. The second kappa shape index (κ2) is 4.45. The number of rotatable bonds is 4. The molecule has 0 aliphatic heterocycles. The summed E-state index contributed by atoms with van der Waals surface area (Å²) in [6, 6.07) is 2.51. The highest BCUT2D eigenvalue weighted by Crippen LogP contribution is 2.14. The number of nitro groups is 1. The Kier molecular flexibility index (Phi) is 2.83. The largest absolute Gasteiger partial charge is 0.475 e. The fraction of sp³-hybridized carbons (Fsp3) is 0. The van der Waals surface area contributed by atoms with Crippen molar-refractivity contribution in [2.45, 2.75) is 0 Å². The highest BCUT2D eigenvalue weighted by molar-refractivity contribution is 5.83. The van der Waals surface area contributed by atoms with E-state index in [2.05, 4.69) is 20.2 Å². The summed E-state index contributed by atoms with van der Waals surface area (Å²) < 4.78 is 4.79. The van der Waals surface area contributed by atoms with E-state index in [-0.39, 0.29) is 17.5 Å². The van der Waals surface area contributed by atoms with E-state index in [1.54, 1.807) is 0 Å². The van der Waals surface area contributed by atoms with Gasteiger partial charge in [0.05, 0.1) is 12.3 Å². The van der Waals surface area contributed by atoms with E-state index in [4.69, 9.17) is 9.52 Å². The minimum atomic E-state index is -1.27. The van der Waals surface area contributed by atoms with Crippen molar-refractivity contribution in [3.8, 4) is 0 Å². The molecule has 0 unspecified atom stereocenters. The lowest BCUT2D eigenvalue weighted by Crippen LogP contribution is -1.98. The average molecular weight is 251 g/mol. The summed E-state index contributed by atoms with van der Waals surface area (Å²) in [6.45, 7) is 0. The molecular formula is C8H5N5O5. The molecule has 0 radical (unpaired) electrons. The van der Waals surface area contributed by atoms with Crippen LogP contribution in [0.25, 0.3) is 0 Å². The van der Waals surface area contributed by atoms with Crippen LogP contribution in [0.4, 0.5) is 11.8 Å². The van der Waals surface area contributed by atoms with Crippen LogP contribution in [-0.2, 0) is 0 Å². The molecule has 2 rings (SSSR count). The maximum absolute atomic E-state index is 10.5. The number of carboxylic acid groups (broad SMARTS) is 1. The van der Waals surface area contributed by atoms with E-state index in [1.165, 1.54) is 12.1 Å². The predicted molar refractivity (Wildman–Crippen MR) is 56.0 cm³/mol. The smallest absolute Gasteiger partial charge is 0.433 e. The number of furan rings is 1. The van der Waals surface area contributed by atoms with Gasteiger partial charge in [0.1, 0.15) is 4.92 Å².